The zero-order valence-electron chi connectivity index (χ0n) is 15.9. The second-order valence-corrected chi connectivity index (χ2v) is 7.53. The topological polar surface area (TPSA) is 59.2 Å². The van der Waals surface area contributed by atoms with Gasteiger partial charge in [-0.3, -0.25) is 4.79 Å². The predicted octanol–water partition coefficient (Wildman–Crippen LogP) is 5.24. The number of amides is 1. The quantitative estimate of drug-likeness (QED) is 0.295. The van der Waals surface area contributed by atoms with Crippen LogP contribution in [0.5, 0.6) is 0 Å². The monoisotopic (exact) mass is 475 g/mol. The lowest BCUT2D eigenvalue weighted by Crippen LogP contribution is -2.39. The summed E-state index contributed by atoms with van der Waals surface area (Å²) in [4.78, 5) is 17.6. The molecule has 12 heteroatoms. The number of hydrogen-bond donors (Lipinski definition) is 0. The van der Waals surface area contributed by atoms with Crippen molar-refractivity contribution in [1.29, 1.82) is 0 Å². The SMILES string of the molecule is O=C(c1c(F)c(F)c(F)c(F)c1F)N1CCC(c2nc(-c3ccc(Cl)cc3F)no2)CC1. The maximum Gasteiger partial charge on any atom is 0.260 e. The van der Waals surface area contributed by atoms with Gasteiger partial charge in [0.25, 0.3) is 5.91 Å². The molecular weight excluding hydrogens is 464 g/mol. The van der Waals surface area contributed by atoms with E-state index in [-0.39, 0.29) is 54.2 Å². The van der Waals surface area contributed by atoms with Crippen LogP contribution in [0, 0.1) is 34.9 Å². The van der Waals surface area contributed by atoms with Crippen molar-refractivity contribution in [2.24, 2.45) is 0 Å². The molecule has 0 N–H and O–H groups in total. The molecule has 0 unspecified atom stereocenters. The van der Waals surface area contributed by atoms with E-state index in [9.17, 15) is 31.1 Å². The van der Waals surface area contributed by atoms with Crippen LogP contribution in [0.25, 0.3) is 11.4 Å². The van der Waals surface area contributed by atoms with Gasteiger partial charge in [-0.1, -0.05) is 16.8 Å². The van der Waals surface area contributed by atoms with Crippen LogP contribution in [0.4, 0.5) is 26.3 Å². The molecule has 32 heavy (non-hydrogen) atoms. The van der Waals surface area contributed by atoms with Crippen LogP contribution in [-0.2, 0) is 0 Å². The number of halogens is 7. The minimum absolute atomic E-state index is 0.00548. The van der Waals surface area contributed by atoms with E-state index in [4.69, 9.17) is 16.1 Å². The van der Waals surface area contributed by atoms with Crippen molar-refractivity contribution in [2.45, 2.75) is 18.8 Å². The number of aromatic nitrogens is 2. The number of rotatable bonds is 3. The molecule has 0 atom stereocenters. The molecule has 5 nitrogen and oxygen atoms in total. The Balaban J connectivity index is 1.49. The molecule has 0 radical (unpaired) electrons. The summed E-state index contributed by atoms with van der Waals surface area (Å²) in [6, 6.07) is 3.94. The molecule has 0 bridgehead atoms. The van der Waals surface area contributed by atoms with Crippen LogP contribution < -0.4 is 0 Å². The molecule has 0 aliphatic carbocycles. The average Bonchev–Trinajstić information content (AvgIpc) is 3.26. The third-order valence-electron chi connectivity index (χ3n) is 5.17. The molecule has 2 heterocycles. The van der Waals surface area contributed by atoms with Gasteiger partial charge in [-0.15, -0.1) is 0 Å². The Morgan fingerprint density at radius 3 is 2.16 bits per heavy atom. The standard InChI is InChI=1S/C20H12ClF6N3O2/c21-9-1-2-10(11(22)7-9)18-28-19(32-29-18)8-3-5-30(6-4-8)20(31)12-13(23)15(25)17(27)16(26)14(12)24/h1-2,7-8H,3-6H2. The Kier molecular flexibility index (Phi) is 5.85. The molecule has 1 amide bonds. The van der Waals surface area contributed by atoms with Crippen molar-refractivity contribution >= 4 is 17.5 Å². The molecule has 4 rings (SSSR count). The van der Waals surface area contributed by atoms with Crippen molar-refractivity contribution in [3.63, 3.8) is 0 Å². The highest BCUT2D eigenvalue weighted by Crippen LogP contribution is 2.31. The zero-order valence-corrected chi connectivity index (χ0v) is 16.7. The third kappa shape index (κ3) is 3.81. The van der Waals surface area contributed by atoms with Crippen molar-refractivity contribution < 1.29 is 35.7 Å². The Labute approximate surface area is 181 Å². The van der Waals surface area contributed by atoms with E-state index in [2.05, 4.69) is 10.1 Å². The van der Waals surface area contributed by atoms with Gasteiger partial charge in [-0.2, -0.15) is 4.98 Å². The largest absolute Gasteiger partial charge is 0.339 e. The first-order valence-corrected chi connectivity index (χ1v) is 9.66. The van der Waals surface area contributed by atoms with E-state index in [0.717, 1.165) is 11.0 Å². The molecule has 0 spiro atoms. The number of carbonyl (C=O) groups is 1. The fraction of sp³-hybridized carbons (Fsp3) is 0.250. The maximum absolute atomic E-state index is 14.0. The molecule has 168 valence electrons. The van der Waals surface area contributed by atoms with E-state index in [1.54, 1.807) is 0 Å². The van der Waals surface area contributed by atoms with Crippen molar-refractivity contribution in [2.75, 3.05) is 13.1 Å². The molecule has 1 aliphatic heterocycles. The second-order valence-electron chi connectivity index (χ2n) is 7.09. The molecule has 1 saturated heterocycles. The van der Waals surface area contributed by atoms with E-state index < -0.39 is 46.4 Å². The van der Waals surface area contributed by atoms with Gasteiger partial charge in [0.05, 0.1) is 5.56 Å². The first-order valence-electron chi connectivity index (χ1n) is 9.28. The Bertz CT molecular complexity index is 1180. The van der Waals surface area contributed by atoms with Crippen LogP contribution >= 0.6 is 11.6 Å². The number of nitrogens with zero attached hydrogens (tertiary/aromatic N) is 3. The summed E-state index contributed by atoms with van der Waals surface area (Å²) in [6.07, 6.45) is 0.428. The van der Waals surface area contributed by atoms with Crippen molar-refractivity contribution in [3.05, 3.63) is 69.6 Å². The van der Waals surface area contributed by atoms with Crippen molar-refractivity contribution in [1.82, 2.24) is 15.0 Å². The molecular formula is C20H12ClF6N3O2. The van der Waals surface area contributed by atoms with E-state index in [0.29, 0.717) is 0 Å². The normalized spacial score (nSPS) is 14.8. The molecule has 1 fully saturated rings. The fourth-order valence-corrected chi connectivity index (χ4v) is 3.62. The fourth-order valence-electron chi connectivity index (χ4n) is 3.46. The lowest BCUT2D eigenvalue weighted by atomic mass is 9.96. The van der Waals surface area contributed by atoms with Gasteiger partial charge in [0.1, 0.15) is 11.4 Å². The molecule has 3 aromatic rings. The number of likely N-dealkylation sites (tertiary alicyclic amines) is 1. The van der Waals surface area contributed by atoms with Gasteiger partial charge < -0.3 is 9.42 Å². The van der Waals surface area contributed by atoms with Gasteiger partial charge in [-0.25, -0.2) is 26.3 Å². The van der Waals surface area contributed by atoms with Gasteiger partial charge in [0.15, 0.2) is 23.3 Å². The van der Waals surface area contributed by atoms with Crippen LogP contribution in [0.15, 0.2) is 22.7 Å². The molecule has 2 aromatic carbocycles. The van der Waals surface area contributed by atoms with E-state index >= 15 is 0 Å². The van der Waals surface area contributed by atoms with Crippen LogP contribution in [0.3, 0.4) is 0 Å². The highest BCUT2D eigenvalue weighted by molar-refractivity contribution is 6.30. The first kappa shape index (κ1) is 22.1. The number of benzene rings is 2. The summed E-state index contributed by atoms with van der Waals surface area (Å²) in [6.45, 7) is -0.119. The highest BCUT2D eigenvalue weighted by atomic mass is 35.5. The lowest BCUT2D eigenvalue weighted by molar-refractivity contribution is 0.0691. The number of piperidine rings is 1. The summed E-state index contributed by atoms with van der Waals surface area (Å²) >= 11 is 5.72. The smallest absolute Gasteiger partial charge is 0.260 e. The van der Waals surface area contributed by atoms with Gasteiger partial charge in [-0.05, 0) is 31.0 Å². The minimum atomic E-state index is -2.33. The molecule has 0 saturated carbocycles. The summed E-state index contributed by atoms with van der Waals surface area (Å²) in [5.74, 6) is -13.2. The number of hydrogen-bond acceptors (Lipinski definition) is 4. The van der Waals surface area contributed by atoms with Gasteiger partial charge in [0, 0.05) is 24.0 Å². The first-order chi connectivity index (χ1) is 15.2. The Hall–Kier alpha value is -3.08. The highest BCUT2D eigenvalue weighted by Gasteiger charge is 2.34. The maximum atomic E-state index is 14.0. The lowest BCUT2D eigenvalue weighted by Gasteiger charge is -2.30. The second kappa shape index (κ2) is 8.45. The van der Waals surface area contributed by atoms with Gasteiger partial charge >= 0.3 is 0 Å². The summed E-state index contributed by atoms with van der Waals surface area (Å²) in [7, 11) is 0. The molecule has 1 aromatic heterocycles. The van der Waals surface area contributed by atoms with Gasteiger partial charge in [0.2, 0.25) is 17.5 Å². The summed E-state index contributed by atoms with van der Waals surface area (Å²) in [5.41, 5.74) is -1.43. The number of carbonyl (C=O) groups excluding carboxylic acids is 1. The Morgan fingerprint density at radius 1 is 0.969 bits per heavy atom. The van der Waals surface area contributed by atoms with Crippen LogP contribution in [-0.4, -0.2) is 34.0 Å². The predicted molar refractivity (Wildman–Crippen MR) is 98.8 cm³/mol. The third-order valence-corrected chi connectivity index (χ3v) is 5.40. The zero-order chi connectivity index (χ0) is 23.2. The summed E-state index contributed by atoms with van der Waals surface area (Å²) in [5, 5.41) is 3.93. The minimum Gasteiger partial charge on any atom is -0.339 e. The van der Waals surface area contributed by atoms with E-state index in [1.165, 1.54) is 12.1 Å². The Morgan fingerprint density at radius 2 is 1.56 bits per heavy atom. The van der Waals surface area contributed by atoms with E-state index in [1.807, 2.05) is 0 Å². The molecule has 1 aliphatic rings. The summed E-state index contributed by atoms with van der Waals surface area (Å²) < 4.78 is 87.1. The van der Waals surface area contributed by atoms with Crippen LogP contribution in [0.1, 0.15) is 35.0 Å². The van der Waals surface area contributed by atoms with Crippen LogP contribution in [0.2, 0.25) is 5.02 Å². The average molecular weight is 476 g/mol. The van der Waals surface area contributed by atoms with Crippen molar-refractivity contribution in [3.8, 4) is 11.4 Å².